The second kappa shape index (κ2) is 7.90. The molecule has 1 amide bonds. The molecule has 3 rings (SSSR count). The molecular weight excluding hydrogens is 302 g/mol. The molecule has 0 unspecified atom stereocenters. The normalized spacial score (nSPS) is 15.2. The topological polar surface area (TPSA) is 64.0 Å². The lowest BCUT2D eigenvalue weighted by Gasteiger charge is -2.20. The molecule has 0 saturated heterocycles. The maximum atomic E-state index is 12.1. The van der Waals surface area contributed by atoms with Crippen molar-refractivity contribution in [3.63, 3.8) is 0 Å². The summed E-state index contributed by atoms with van der Waals surface area (Å²) in [5.41, 5.74) is 1.58. The Morgan fingerprint density at radius 3 is 2.58 bits per heavy atom. The maximum Gasteiger partial charge on any atom is 0.266 e. The third-order valence-electron chi connectivity index (χ3n) is 4.53. The number of carbonyl (C=O) groups is 1. The summed E-state index contributed by atoms with van der Waals surface area (Å²) in [6.07, 6.45) is 5.47. The molecule has 1 saturated carbocycles. The van der Waals surface area contributed by atoms with Gasteiger partial charge in [0.05, 0.1) is 12.2 Å². The Hall–Kier alpha value is -2.43. The van der Waals surface area contributed by atoms with Crippen LogP contribution in [0.3, 0.4) is 0 Å². The van der Waals surface area contributed by atoms with Gasteiger partial charge in [-0.25, -0.2) is 4.68 Å². The number of amides is 1. The highest BCUT2D eigenvalue weighted by molar-refractivity contribution is 5.78. The number of carbonyl (C=O) groups excluding carboxylic acids is 1. The van der Waals surface area contributed by atoms with Crippen molar-refractivity contribution in [3.8, 4) is 11.3 Å². The molecule has 1 aromatic heterocycles. The molecule has 0 bridgehead atoms. The van der Waals surface area contributed by atoms with Crippen molar-refractivity contribution < 1.29 is 4.79 Å². The summed E-state index contributed by atoms with van der Waals surface area (Å²) in [5, 5.41) is 7.35. The zero-order chi connectivity index (χ0) is 16.8. The number of hydrogen-bond donors (Lipinski definition) is 1. The van der Waals surface area contributed by atoms with E-state index in [4.69, 9.17) is 0 Å². The van der Waals surface area contributed by atoms with Crippen LogP contribution in [0, 0.1) is 5.92 Å². The summed E-state index contributed by atoms with van der Waals surface area (Å²) >= 11 is 0. The van der Waals surface area contributed by atoms with E-state index in [9.17, 15) is 9.59 Å². The Morgan fingerprint density at radius 2 is 1.83 bits per heavy atom. The molecule has 5 nitrogen and oxygen atoms in total. The van der Waals surface area contributed by atoms with E-state index in [0.717, 1.165) is 36.9 Å². The fourth-order valence-electron chi connectivity index (χ4n) is 3.17. The highest BCUT2D eigenvalue weighted by atomic mass is 16.2. The summed E-state index contributed by atoms with van der Waals surface area (Å²) < 4.78 is 1.42. The minimum Gasteiger partial charge on any atom is -0.354 e. The highest BCUT2D eigenvalue weighted by Crippen LogP contribution is 2.23. The lowest BCUT2D eigenvalue weighted by Crippen LogP contribution is -2.36. The van der Waals surface area contributed by atoms with Gasteiger partial charge in [0.25, 0.3) is 5.56 Å². The van der Waals surface area contributed by atoms with Crippen molar-refractivity contribution in [1.82, 2.24) is 15.1 Å². The summed E-state index contributed by atoms with van der Waals surface area (Å²) in [7, 11) is 0. The van der Waals surface area contributed by atoms with Gasteiger partial charge in [-0.1, -0.05) is 49.6 Å². The van der Waals surface area contributed by atoms with E-state index in [1.54, 1.807) is 6.07 Å². The third kappa shape index (κ3) is 4.10. The number of nitrogens with one attached hydrogen (secondary N) is 1. The zero-order valence-electron chi connectivity index (χ0n) is 13.8. The number of aromatic nitrogens is 2. The molecule has 126 valence electrons. The van der Waals surface area contributed by atoms with Gasteiger partial charge in [-0.15, -0.1) is 0 Å². The van der Waals surface area contributed by atoms with Crippen LogP contribution < -0.4 is 10.9 Å². The lowest BCUT2D eigenvalue weighted by atomic mass is 9.89. The van der Waals surface area contributed by atoms with E-state index in [1.165, 1.54) is 17.2 Å². The molecule has 1 fully saturated rings. The van der Waals surface area contributed by atoms with E-state index in [2.05, 4.69) is 10.4 Å². The summed E-state index contributed by atoms with van der Waals surface area (Å²) in [4.78, 5) is 24.1. The van der Waals surface area contributed by atoms with Crippen LogP contribution in [-0.4, -0.2) is 22.2 Å². The van der Waals surface area contributed by atoms with Gasteiger partial charge < -0.3 is 5.32 Å². The molecule has 5 heteroatoms. The van der Waals surface area contributed by atoms with Crippen LogP contribution in [0.5, 0.6) is 0 Å². The van der Waals surface area contributed by atoms with Gasteiger partial charge in [0.15, 0.2) is 0 Å². The van der Waals surface area contributed by atoms with E-state index < -0.39 is 0 Å². The van der Waals surface area contributed by atoms with Crippen molar-refractivity contribution >= 4 is 5.91 Å². The van der Waals surface area contributed by atoms with Gasteiger partial charge in [0.2, 0.25) is 5.91 Å². The van der Waals surface area contributed by atoms with Crippen molar-refractivity contribution in [1.29, 1.82) is 0 Å². The first-order valence-corrected chi connectivity index (χ1v) is 8.65. The van der Waals surface area contributed by atoms with E-state index in [1.807, 2.05) is 30.3 Å². The van der Waals surface area contributed by atoms with Crippen LogP contribution in [0.25, 0.3) is 11.3 Å². The number of rotatable bonds is 5. The second-order valence-corrected chi connectivity index (χ2v) is 6.27. The highest BCUT2D eigenvalue weighted by Gasteiger charge is 2.20. The molecule has 1 N–H and O–H groups in total. The largest absolute Gasteiger partial charge is 0.354 e. The van der Waals surface area contributed by atoms with Crippen molar-refractivity contribution in [2.24, 2.45) is 5.92 Å². The second-order valence-electron chi connectivity index (χ2n) is 6.27. The monoisotopic (exact) mass is 325 g/mol. The molecule has 0 spiro atoms. The molecule has 0 atom stereocenters. The molecule has 1 heterocycles. The quantitative estimate of drug-likeness (QED) is 0.919. The van der Waals surface area contributed by atoms with Crippen LogP contribution in [-0.2, 0) is 11.3 Å². The maximum absolute atomic E-state index is 12.1. The Balaban J connectivity index is 1.60. The van der Waals surface area contributed by atoms with Crippen molar-refractivity contribution in [2.45, 2.75) is 38.6 Å². The molecule has 2 aromatic rings. The third-order valence-corrected chi connectivity index (χ3v) is 4.53. The minimum atomic E-state index is -0.151. The van der Waals surface area contributed by atoms with Gasteiger partial charge in [0, 0.05) is 24.1 Å². The molecule has 24 heavy (non-hydrogen) atoms. The van der Waals surface area contributed by atoms with Crippen molar-refractivity contribution in [2.75, 3.05) is 6.54 Å². The summed E-state index contributed by atoms with van der Waals surface area (Å²) in [5.74, 6) is 0.251. The smallest absolute Gasteiger partial charge is 0.266 e. The standard InChI is InChI=1S/C19H23N3O2/c23-18-12-11-17(15-7-3-1-4-8-15)21-22(18)14-13-20-19(24)16-9-5-2-6-10-16/h1,3-4,7-8,11-12,16H,2,5-6,9-10,13-14H2,(H,20,24). The molecule has 1 aromatic carbocycles. The van der Waals surface area contributed by atoms with Gasteiger partial charge in [-0.05, 0) is 18.9 Å². The number of hydrogen-bond acceptors (Lipinski definition) is 3. The Labute approximate surface area is 141 Å². The first-order valence-electron chi connectivity index (χ1n) is 8.65. The fraction of sp³-hybridized carbons (Fsp3) is 0.421. The number of benzene rings is 1. The van der Waals surface area contributed by atoms with E-state index >= 15 is 0 Å². The van der Waals surface area contributed by atoms with Gasteiger partial charge in [-0.2, -0.15) is 5.10 Å². The molecule has 1 aliphatic carbocycles. The van der Waals surface area contributed by atoms with Crippen LogP contribution >= 0.6 is 0 Å². The van der Waals surface area contributed by atoms with Crippen LogP contribution in [0.2, 0.25) is 0 Å². The Morgan fingerprint density at radius 1 is 1.08 bits per heavy atom. The summed E-state index contributed by atoms with van der Waals surface area (Å²) in [6.45, 7) is 0.818. The molecular formula is C19H23N3O2. The number of nitrogens with zero attached hydrogens (tertiary/aromatic N) is 2. The van der Waals surface area contributed by atoms with Crippen LogP contribution in [0.15, 0.2) is 47.3 Å². The van der Waals surface area contributed by atoms with Crippen LogP contribution in [0.1, 0.15) is 32.1 Å². The zero-order valence-corrected chi connectivity index (χ0v) is 13.8. The van der Waals surface area contributed by atoms with E-state index in [-0.39, 0.29) is 17.4 Å². The predicted octanol–water partition coefficient (Wildman–Crippen LogP) is 2.61. The Bertz CT molecular complexity index is 734. The fourth-order valence-corrected chi connectivity index (χ4v) is 3.17. The summed E-state index contributed by atoms with van der Waals surface area (Å²) in [6, 6.07) is 13.0. The molecule has 0 radical (unpaired) electrons. The van der Waals surface area contributed by atoms with Gasteiger partial charge >= 0.3 is 0 Å². The molecule has 1 aliphatic rings. The van der Waals surface area contributed by atoms with Crippen LogP contribution in [0.4, 0.5) is 0 Å². The average molecular weight is 325 g/mol. The van der Waals surface area contributed by atoms with E-state index in [0.29, 0.717) is 13.1 Å². The van der Waals surface area contributed by atoms with Gasteiger partial charge in [0.1, 0.15) is 0 Å². The first kappa shape index (κ1) is 16.4. The van der Waals surface area contributed by atoms with Gasteiger partial charge in [-0.3, -0.25) is 9.59 Å². The minimum absolute atomic E-state index is 0.113. The Kier molecular flexibility index (Phi) is 5.41. The SMILES string of the molecule is O=C(NCCn1nc(-c2ccccc2)ccc1=O)C1CCCCC1. The first-order chi connectivity index (χ1) is 11.7. The lowest BCUT2D eigenvalue weighted by molar-refractivity contribution is -0.125. The van der Waals surface area contributed by atoms with Crippen molar-refractivity contribution in [3.05, 3.63) is 52.8 Å². The molecule has 0 aliphatic heterocycles. The predicted molar refractivity (Wildman–Crippen MR) is 93.5 cm³/mol. The average Bonchev–Trinajstić information content (AvgIpc) is 2.64.